The standard InChI is InChI=1S/C26H29F6N3O3S/c1-3-5-19-24(23(37)34-12-7-17(36)8-13-34,38-18-14-20(39-15-18)25(27,28)29)9-4-11-35(19)22-21(26(30,31)32)16(2)6-10-33-22/h6,10,14-15,19H,3-5,7-9,11-13H2,1-2H3/t19-,24+/m1/s1. The Bertz CT molecular complexity index is 1200. The Balaban J connectivity index is 1.84. The number of Topliss-reactive ketones (excluding diaryl/α,β-unsaturated/α-hetero) is 1. The summed E-state index contributed by atoms with van der Waals surface area (Å²) in [5.74, 6) is -1.07. The monoisotopic (exact) mass is 577 g/mol. The average molecular weight is 578 g/mol. The molecule has 2 aliphatic rings. The maximum Gasteiger partial charge on any atom is 0.425 e. The minimum absolute atomic E-state index is 0.0177. The normalized spacial score (nSPS) is 22.8. The molecule has 0 aliphatic carbocycles. The molecule has 4 heterocycles. The van der Waals surface area contributed by atoms with Crippen LogP contribution in [0.4, 0.5) is 32.2 Å². The molecule has 0 saturated carbocycles. The van der Waals surface area contributed by atoms with Crippen LogP contribution >= 0.6 is 11.3 Å². The average Bonchev–Trinajstić information content (AvgIpc) is 3.33. The maximum absolute atomic E-state index is 14.2. The summed E-state index contributed by atoms with van der Waals surface area (Å²) in [5, 5.41) is 1.16. The number of nitrogens with zero attached hydrogens (tertiary/aromatic N) is 3. The number of piperidine rings is 2. The van der Waals surface area contributed by atoms with Crippen molar-refractivity contribution in [1.82, 2.24) is 9.88 Å². The van der Waals surface area contributed by atoms with E-state index in [-0.39, 0.29) is 74.7 Å². The minimum atomic E-state index is -4.72. The van der Waals surface area contributed by atoms with Gasteiger partial charge in [0.1, 0.15) is 27.8 Å². The van der Waals surface area contributed by atoms with Crippen LogP contribution in [0, 0.1) is 6.92 Å². The second-order valence-corrected chi connectivity index (χ2v) is 10.8. The van der Waals surface area contributed by atoms with Gasteiger partial charge < -0.3 is 14.5 Å². The number of carbonyl (C=O) groups excluding carboxylic acids is 2. The molecule has 0 N–H and O–H groups in total. The Morgan fingerprint density at radius 3 is 2.44 bits per heavy atom. The van der Waals surface area contributed by atoms with Crippen LogP contribution in [0.25, 0.3) is 0 Å². The second-order valence-electron chi connectivity index (χ2n) is 9.89. The van der Waals surface area contributed by atoms with Gasteiger partial charge in [-0.1, -0.05) is 13.3 Å². The number of halogens is 6. The topological polar surface area (TPSA) is 62.7 Å². The molecule has 2 aromatic heterocycles. The number of aryl methyl sites for hydroxylation is 1. The van der Waals surface area contributed by atoms with Gasteiger partial charge in [-0.3, -0.25) is 9.59 Å². The van der Waals surface area contributed by atoms with Gasteiger partial charge in [0.25, 0.3) is 5.91 Å². The molecule has 39 heavy (non-hydrogen) atoms. The van der Waals surface area contributed by atoms with Crippen LogP contribution in [0.1, 0.15) is 61.5 Å². The van der Waals surface area contributed by atoms with Gasteiger partial charge >= 0.3 is 12.4 Å². The first-order chi connectivity index (χ1) is 18.3. The summed E-state index contributed by atoms with van der Waals surface area (Å²) in [4.78, 5) is 32.1. The number of anilines is 1. The van der Waals surface area contributed by atoms with E-state index in [4.69, 9.17) is 4.74 Å². The van der Waals surface area contributed by atoms with Crippen LogP contribution in [0.5, 0.6) is 5.75 Å². The number of pyridine rings is 1. The summed E-state index contributed by atoms with van der Waals surface area (Å²) in [7, 11) is 0. The molecule has 1 amide bonds. The predicted molar refractivity (Wildman–Crippen MR) is 133 cm³/mol. The van der Waals surface area contributed by atoms with Crippen LogP contribution in [0.15, 0.2) is 23.7 Å². The number of aromatic nitrogens is 1. The first-order valence-electron chi connectivity index (χ1n) is 12.7. The highest BCUT2D eigenvalue weighted by Gasteiger charge is 2.56. The van der Waals surface area contributed by atoms with Crippen molar-refractivity contribution in [1.29, 1.82) is 0 Å². The number of hydrogen-bond donors (Lipinski definition) is 0. The van der Waals surface area contributed by atoms with E-state index in [1.54, 1.807) is 0 Å². The first-order valence-corrected chi connectivity index (χ1v) is 13.6. The van der Waals surface area contributed by atoms with Crippen LogP contribution in [-0.2, 0) is 21.9 Å². The lowest BCUT2D eigenvalue weighted by Gasteiger charge is -2.51. The van der Waals surface area contributed by atoms with Gasteiger partial charge in [0, 0.05) is 56.5 Å². The Kier molecular flexibility index (Phi) is 8.21. The lowest BCUT2D eigenvalue weighted by Crippen LogP contribution is -2.68. The molecule has 0 radical (unpaired) electrons. The fraction of sp³-hybridized carbons (Fsp3) is 0.577. The summed E-state index contributed by atoms with van der Waals surface area (Å²) >= 11 is 0.417. The number of hydrogen-bond acceptors (Lipinski definition) is 6. The third-order valence-corrected chi connectivity index (χ3v) is 8.20. The summed E-state index contributed by atoms with van der Waals surface area (Å²) in [6.07, 6.45) is -6.82. The van der Waals surface area contributed by atoms with E-state index in [9.17, 15) is 35.9 Å². The van der Waals surface area contributed by atoms with Crippen molar-refractivity contribution in [2.24, 2.45) is 0 Å². The number of ketones is 1. The van der Waals surface area contributed by atoms with E-state index in [1.165, 1.54) is 29.0 Å². The Morgan fingerprint density at radius 1 is 1.15 bits per heavy atom. The maximum atomic E-state index is 14.2. The zero-order valence-corrected chi connectivity index (χ0v) is 22.3. The number of rotatable bonds is 6. The van der Waals surface area contributed by atoms with Crippen LogP contribution in [0.3, 0.4) is 0 Å². The lowest BCUT2D eigenvalue weighted by atomic mass is 9.79. The molecule has 2 saturated heterocycles. The fourth-order valence-corrected chi connectivity index (χ4v) is 6.16. The van der Waals surface area contributed by atoms with Crippen molar-refractivity contribution >= 4 is 28.8 Å². The summed E-state index contributed by atoms with van der Waals surface area (Å²) in [6, 6.07) is 1.12. The highest BCUT2D eigenvalue weighted by Crippen LogP contribution is 2.45. The quantitative estimate of drug-likeness (QED) is 0.379. The molecule has 2 atom stereocenters. The van der Waals surface area contributed by atoms with Gasteiger partial charge in [0.05, 0.1) is 6.04 Å². The van der Waals surface area contributed by atoms with Gasteiger partial charge in [0.2, 0.25) is 5.60 Å². The molecule has 214 valence electrons. The summed E-state index contributed by atoms with van der Waals surface area (Å²) < 4.78 is 88.9. The van der Waals surface area contributed by atoms with E-state index < -0.39 is 40.3 Å². The molecule has 0 spiro atoms. The smallest absolute Gasteiger partial charge is 0.425 e. The van der Waals surface area contributed by atoms with Crippen LogP contribution in [-0.4, -0.2) is 52.9 Å². The van der Waals surface area contributed by atoms with Crippen molar-refractivity contribution in [2.45, 2.75) is 76.4 Å². The molecule has 0 bridgehead atoms. The Labute approximate surface area is 225 Å². The van der Waals surface area contributed by atoms with E-state index in [2.05, 4.69) is 4.98 Å². The zero-order valence-electron chi connectivity index (χ0n) is 21.5. The molecule has 6 nitrogen and oxygen atoms in total. The SMILES string of the molecule is CCC[C@H]1N(c2nccc(C)c2C(F)(F)F)CCC[C@@]1(Oc1csc(C(F)(F)F)c1)C(=O)N1CCC(=O)CC1. The number of thiophene rings is 1. The van der Waals surface area contributed by atoms with E-state index in [1.807, 2.05) is 6.92 Å². The van der Waals surface area contributed by atoms with Crippen molar-refractivity contribution in [3.8, 4) is 5.75 Å². The Morgan fingerprint density at radius 2 is 1.85 bits per heavy atom. The van der Waals surface area contributed by atoms with Crippen molar-refractivity contribution in [3.05, 3.63) is 39.7 Å². The van der Waals surface area contributed by atoms with Crippen LogP contribution < -0.4 is 9.64 Å². The van der Waals surface area contributed by atoms with Gasteiger partial charge in [-0.15, -0.1) is 11.3 Å². The van der Waals surface area contributed by atoms with Gasteiger partial charge in [-0.25, -0.2) is 4.98 Å². The molecular formula is C26H29F6N3O3S. The lowest BCUT2D eigenvalue weighted by molar-refractivity contribution is -0.154. The number of ether oxygens (including phenoxy) is 1. The van der Waals surface area contributed by atoms with Crippen LogP contribution in [0.2, 0.25) is 0 Å². The number of amides is 1. The molecular weight excluding hydrogens is 548 g/mol. The molecule has 4 rings (SSSR count). The molecule has 2 aliphatic heterocycles. The summed E-state index contributed by atoms with van der Waals surface area (Å²) in [6.45, 7) is 3.50. The molecule has 2 fully saturated rings. The number of likely N-dealkylation sites (tertiary alicyclic amines) is 1. The first kappa shape index (κ1) is 29.2. The molecule has 13 heteroatoms. The highest BCUT2D eigenvalue weighted by atomic mass is 32.1. The van der Waals surface area contributed by atoms with E-state index in [0.717, 1.165) is 11.4 Å². The third-order valence-electron chi connectivity index (χ3n) is 7.24. The van der Waals surface area contributed by atoms with Crippen molar-refractivity contribution < 1.29 is 40.7 Å². The zero-order chi connectivity index (χ0) is 28.6. The highest BCUT2D eigenvalue weighted by molar-refractivity contribution is 7.10. The van der Waals surface area contributed by atoms with E-state index >= 15 is 0 Å². The second kappa shape index (κ2) is 11.0. The molecule has 0 unspecified atom stereocenters. The molecule has 0 aromatic carbocycles. The molecule has 2 aromatic rings. The summed E-state index contributed by atoms with van der Waals surface area (Å²) in [5.41, 5.74) is -2.74. The number of alkyl halides is 6. The minimum Gasteiger partial charge on any atom is -0.474 e. The van der Waals surface area contributed by atoms with Gasteiger partial charge in [-0.05, 0) is 31.4 Å². The Hall–Kier alpha value is -2.83. The van der Waals surface area contributed by atoms with Crippen molar-refractivity contribution in [2.75, 3.05) is 24.5 Å². The van der Waals surface area contributed by atoms with Gasteiger partial charge in [-0.2, -0.15) is 26.3 Å². The van der Waals surface area contributed by atoms with Gasteiger partial charge in [0.15, 0.2) is 0 Å². The largest absolute Gasteiger partial charge is 0.474 e. The third kappa shape index (κ3) is 5.87. The van der Waals surface area contributed by atoms with E-state index in [0.29, 0.717) is 17.8 Å². The fourth-order valence-electron chi connectivity index (χ4n) is 5.48. The van der Waals surface area contributed by atoms with Crippen molar-refractivity contribution in [3.63, 3.8) is 0 Å². The number of carbonyl (C=O) groups is 2. The predicted octanol–water partition coefficient (Wildman–Crippen LogP) is 6.27.